The van der Waals surface area contributed by atoms with E-state index in [1.165, 1.54) is 11.3 Å². The zero-order chi connectivity index (χ0) is 22.0. The van der Waals surface area contributed by atoms with Crippen LogP contribution in [0.4, 0.5) is 0 Å². The summed E-state index contributed by atoms with van der Waals surface area (Å²) in [6.45, 7) is 6.00. The average molecular weight is 443 g/mol. The van der Waals surface area contributed by atoms with Crippen molar-refractivity contribution in [3.63, 3.8) is 0 Å². The number of fused-ring (bicyclic) bond motifs is 6. The first-order chi connectivity index (χ1) is 15.4. The maximum atomic E-state index is 13.5. The first kappa shape index (κ1) is 19.3. The fourth-order valence-corrected chi connectivity index (χ4v) is 5.86. The number of ether oxygens (including phenoxy) is 1. The molecule has 0 saturated heterocycles. The van der Waals surface area contributed by atoms with Crippen LogP contribution in [0.1, 0.15) is 41.9 Å². The highest BCUT2D eigenvalue weighted by molar-refractivity contribution is 7.07. The van der Waals surface area contributed by atoms with E-state index in [-0.39, 0.29) is 11.6 Å². The van der Waals surface area contributed by atoms with Gasteiger partial charge in [0.2, 0.25) is 5.72 Å². The van der Waals surface area contributed by atoms with Crippen LogP contribution in [0.15, 0.2) is 64.4 Å². The molecule has 2 aromatic heterocycles. The van der Waals surface area contributed by atoms with Gasteiger partial charge < -0.3 is 4.74 Å². The van der Waals surface area contributed by atoms with Crippen molar-refractivity contribution in [2.45, 2.75) is 39.0 Å². The second-order valence-corrected chi connectivity index (χ2v) is 9.56. The van der Waals surface area contributed by atoms with Crippen molar-refractivity contribution < 1.29 is 4.74 Å². The number of hydrogen-bond acceptors (Lipinski definition) is 5. The van der Waals surface area contributed by atoms with Crippen molar-refractivity contribution in [1.82, 2.24) is 14.3 Å². The average Bonchev–Trinajstić information content (AvgIpc) is 3.24. The fourth-order valence-electron chi connectivity index (χ4n) is 4.75. The molecule has 2 aromatic carbocycles. The van der Waals surface area contributed by atoms with Crippen LogP contribution in [0.5, 0.6) is 5.75 Å². The summed E-state index contributed by atoms with van der Waals surface area (Å²) in [7, 11) is 0. The van der Waals surface area contributed by atoms with Gasteiger partial charge in [-0.25, -0.2) is 9.67 Å². The van der Waals surface area contributed by atoms with Gasteiger partial charge in [-0.15, -0.1) is 0 Å². The van der Waals surface area contributed by atoms with Crippen LogP contribution in [0.3, 0.4) is 0 Å². The highest BCUT2D eigenvalue weighted by Gasteiger charge is 2.42. The molecule has 0 unspecified atom stereocenters. The molecule has 0 aliphatic carbocycles. The molecule has 7 heteroatoms. The first-order valence-electron chi connectivity index (χ1n) is 10.7. The molecule has 0 amide bonds. The number of aryl methyl sites for hydroxylation is 1. The number of benzene rings is 2. The van der Waals surface area contributed by atoms with Gasteiger partial charge in [0.25, 0.3) is 5.56 Å². The molecule has 0 fully saturated rings. The maximum Gasteiger partial charge on any atom is 0.270 e. The van der Waals surface area contributed by atoms with Gasteiger partial charge in [0, 0.05) is 23.2 Å². The lowest BCUT2D eigenvalue weighted by molar-refractivity contribution is 0.0410. The molecular weight excluding hydrogens is 420 g/mol. The number of para-hydroxylation sites is 2. The standard InChI is InChI=1S/C25H22N4O2S/c1-15-19(16(2)29(27-15)17-9-5-4-6-10-17)13-22-23(30)28-20-14-25(3,26-24(28)32-22)31-21-12-8-7-11-18(20)21/h4-13,20H,14H2,1-3H3/b22-13-/t20-,25-/m0/s1. The third kappa shape index (κ3) is 2.81. The topological polar surface area (TPSA) is 61.4 Å². The van der Waals surface area contributed by atoms with Gasteiger partial charge in [-0.2, -0.15) is 5.10 Å². The van der Waals surface area contributed by atoms with Crippen molar-refractivity contribution in [1.29, 1.82) is 0 Å². The SMILES string of the molecule is Cc1nn(-c2ccccc2)c(C)c1/C=c1\sc2n(c1=O)[C@H]1C[C@@](C)(N=2)Oc2ccccc21. The molecule has 0 radical (unpaired) electrons. The summed E-state index contributed by atoms with van der Waals surface area (Å²) in [6, 6.07) is 17.9. The Morgan fingerprint density at radius 2 is 1.88 bits per heavy atom. The molecule has 0 saturated carbocycles. The van der Waals surface area contributed by atoms with Crippen LogP contribution in [-0.2, 0) is 0 Å². The molecule has 2 atom stereocenters. The van der Waals surface area contributed by atoms with E-state index in [4.69, 9.17) is 14.8 Å². The summed E-state index contributed by atoms with van der Waals surface area (Å²) in [5.41, 5.74) is 4.23. The lowest BCUT2D eigenvalue weighted by atomic mass is 9.93. The van der Waals surface area contributed by atoms with Crippen LogP contribution in [-0.4, -0.2) is 20.1 Å². The molecule has 6 nitrogen and oxygen atoms in total. The Morgan fingerprint density at radius 3 is 2.69 bits per heavy atom. The zero-order valence-corrected chi connectivity index (χ0v) is 18.9. The monoisotopic (exact) mass is 442 g/mol. The largest absolute Gasteiger partial charge is 0.466 e. The molecule has 0 spiro atoms. The van der Waals surface area contributed by atoms with Gasteiger partial charge in [-0.1, -0.05) is 47.7 Å². The quantitative estimate of drug-likeness (QED) is 0.479. The molecule has 2 aliphatic rings. The summed E-state index contributed by atoms with van der Waals surface area (Å²) < 4.78 is 10.6. The number of aromatic nitrogens is 3. The number of nitrogens with zero attached hydrogens (tertiary/aromatic N) is 4. The van der Waals surface area contributed by atoms with E-state index in [1.807, 2.05) is 90.7 Å². The second kappa shape index (κ2) is 6.77. The number of thiazole rings is 1. The van der Waals surface area contributed by atoms with E-state index in [0.29, 0.717) is 15.8 Å². The molecule has 2 bridgehead atoms. The minimum absolute atomic E-state index is 0.0104. The van der Waals surface area contributed by atoms with Gasteiger partial charge >= 0.3 is 0 Å². The van der Waals surface area contributed by atoms with E-state index in [0.717, 1.165) is 34.0 Å². The Morgan fingerprint density at radius 1 is 1.12 bits per heavy atom. The molecule has 160 valence electrons. The Hall–Kier alpha value is -3.45. The van der Waals surface area contributed by atoms with Crippen molar-refractivity contribution in [2.75, 3.05) is 0 Å². The van der Waals surface area contributed by atoms with Crippen molar-refractivity contribution >= 4 is 17.4 Å². The van der Waals surface area contributed by atoms with E-state index in [9.17, 15) is 4.79 Å². The van der Waals surface area contributed by atoms with Gasteiger partial charge in [-0.3, -0.25) is 9.36 Å². The maximum absolute atomic E-state index is 13.5. The van der Waals surface area contributed by atoms with Crippen LogP contribution < -0.4 is 19.6 Å². The molecule has 32 heavy (non-hydrogen) atoms. The van der Waals surface area contributed by atoms with Crippen molar-refractivity contribution in [3.8, 4) is 11.4 Å². The Bertz CT molecular complexity index is 1550. The summed E-state index contributed by atoms with van der Waals surface area (Å²) in [6.07, 6.45) is 2.61. The number of hydrogen-bond donors (Lipinski definition) is 0. The number of rotatable bonds is 2. The summed E-state index contributed by atoms with van der Waals surface area (Å²) >= 11 is 1.42. The van der Waals surface area contributed by atoms with Gasteiger partial charge in [-0.05, 0) is 45.0 Å². The highest BCUT2D eigenvalue weighted by atomic mass is 32.1. The van der Waals surface area contributed by atoms with Gasteiger partial charge in [0.1, 0.15) is 5.75 Å². The summed E-state index contributed by atoms with van der Waals surface area (Å²) in [5.74, 6) is 0.806. The Balaban J connectivity index is 1.54. The van der Waals surface area contributed by atoms with Gasteiger partial charge in [0.15, 0.2) is 4.80 Å². The lowest BCUT2D eigenvalue weighted by Gasteiger charge is -2.39. The van der Waals surface area contributed by atoms with E-state index in [1.54, 1.807) is 0 Å². The van der Waals surface area contributed by atoms with Crippen LogP contribution in [0.2, 0.25) is 0 Å². The normalized spacial score (nSPS) is 21.5. The fraction of sp³-hybridized carbons (Fsp3) is 0.240. The lowest BCUT2D eigenvalue weighted by Crippen LogP contribution is -2.49. The van der Waals surface area contributed by atoms with E-state index in [2.05, 4.69) is 0 Å². The van der Waals surface area contributed by atoms with Crippen molar-refractivity contribution in [2.24, 2.45) is 4.99 Å². The van der Waals surface area contributed by atoms with Crippen molar-refractivity contribution in [3.05, 3.63) is 96.8 Å². The molecule has 2 aliphatic heterocycles. The van der Waals surface area contributed by atoms with Crippen LogP contribution >= 0.6 is 11.3 Å². The van der Waals surface area contributed by atoms with Crippen LogP contribution in [0, 0.1) is 13.8 Å². The third-order valence-corrected chi connectivity index (χ3v) is 7.27. The summed E-state index contributed by atoms with van der Waals surface area (Å²) in [5, 5.41) is 4.72. The third-order valence-electron chi connectivity index (χ3n) is 6.28. The molecule has 0 N–H and O–H groups in total. The minimum Gasteiger partial charge on any atom is -0.466 e. The minimum atomic E-state index is -0.655. The van der Waals surface area contributed by atoms with E-state index < -0.39 is 5.72 Å². The molecule has 4 heterocycles. The predicted octanol–water partition coefficient (Wildman–Crippen LogP) is 3.26. The Labute approximate surface area is 188 Å². The molecular formula is C25H22N4O2S. The van der Waals surface area contributed by atoms with Crippen LogP contribution in [0.25, 0.3) is 11.8 Å². The Kier molecular flexibility index (Phi) is 4.07. The zero-order valence-electron chi connectivity index (χ0n) is 18.1. The molecule has 4 aromatic rings. The van der Waals surface area contributed by atoms with E-state index >= 15 is 0 Å². The predicted molar refractivity (Wildman–Crippen MR) is 124 cm³/mol. The summed E-state index contributed by atoms with van der Waals surface area (Å²) in [4.78, 5) is 19.1. The first-order valence-corrected chi connectivity index (χ1v) is 11.5. The smallest absolute Gasteiger partial charge is 0.270 e. The van der Waals surface area contributed by atoms with Gasteiger partial charge in [0.05, 0.1) is 22.0 Å². The molecule has 6 rings (SSSR count). The highest BCUT2D eigenvalue weighted by Crippen LogP contribution is 2.42. The second-order valence-electron chi connectivity index (χ2n) is 8.55.